The Morgan fingerprint density at radius 2 is 1.95 bits per heavy atom. The maximum Gasteiger partial charge on any atom is 0.251 e. The Kier molecular flexibility index (Phi) is 7.09. The van der Waals surface area contributed by atoms with Crippen molar-refractivity contribution >= 4 is 5.91 Å². The molecule has 0 radical (unpaired) electrons. The highest BCUT2D eigenvalue weighted by Crippen LogP contribution is 2.13. The van der Waals surface area contributed by atoms with Crippen LogP contribution in [-0.4, -0.2) is 24.6 Å². The van der Waals surface area contributed by atoms with Gasteiger partial charge in [0.1, 0.15) is 5.75 Å². The van der Waals surface area contributed by atoms with E-state index >= 15 is 0 Å². The number of nitrogens with two attached hydrogens (primary N) is 1. The van der Waals surface area contributed by atoms with Gasteiger partial charge in [0, 0.05) is 17.6 Å². The summed E-state index contributed by atoms with van der Waals surface area (Å²) in [5, 5.41) is 2.94. The molecule has 1 amide bonds. The Hall–Kier alpha value is -1.55. The minimum atomic E-state index is -0.0711. The highest BCUT2D eigenvalue weighted by Gasteiger charge is 2.11. The second-order valence-corrected chi connectivity index (χ2v) is 5.31. The molecule has 20 heavy (non-hydrogen) atoms. The van der Waals surface area contributed by atoms with Crippen LogP contribution in [0.5, 0.6) is 5.75 Å². The van der Waals surface area contributed by atoms with E-state index < -0.39 is 0 Å². The number of benzene rings is 1. The van der Waals surface area contributed by atoms with Crippen molar-refractivity contribution in [3.05, 3.63) is 29.8 Å². The monoisotopic (exact) mass is 278 g/mol. The number of ether oxygens (including phenoxy) is 1. The number of amides is 1. The van der Waals surface area contributed by atoms with Gasteiger partial charge in [0.2, 0.25) is 0 Å². The van der Waals surface area contributed by atoms with E-state index in [0.29, 0.717) is 12.2 Å². The molecule has 0 heterocycles. The molecule has 0 aromatic heterocycles. The first-order valence-electron chi connectivity index (χ1n) is 7.32. The van der Waals surface area contributed by atoms with E-state index in [1.807, 2.05) is 26.0 Å². The Morgan fingerprint density at radius 1 is 1.30 bits per heavy atom. The first-order valence-corrected chi connectivity index (χ1v) is 7.32. The summed E-state index contributed by atoms with van der Waals surface area (Å²) in [5.41, 5.74) is 6.36. The lowest BCUT2D eigenvalue weighted by atomic mass is 10.1. The second-order valence-electron chi connectivity index (χ2n) is 5.31. The van der Waals surface area contributed by atoms with E-state index in [0.717, 1.165) is 25.0 Å². The molecule has 0 spiro atoms. The summed E-state index contributed by atoms with van der Waals surface area (Å²) >= 11 is 0. The summed E-state index contributed by atoms with van der Waals surface area (Å²) in [7, 11) is 0. The summed E-state index contributed by atoms with van der Waals surface area (Å²) < 4.78 is 5.57. The second kappa shape index (κ2) is 8.59. The van der Waals surface area contributed by atoms with Crippen LogP contribution in [0.1, 0.15) is 50.4 Å². The van der Waals surface area contributed by atoms with E-state index in [-0.39, 0.29) is 18.0 Å². The number of nitrogens with one attached hydrogen (secondary N) is 1. The predicted molar refractivity (Wildman–Crippen MR) is 82.0 cm³/mol. The molecule has 0 aliphatic carbocycles. The van der Waals surface area contributed by atoms with Gasteiger partial charge in [-0.1, -0.05) is 13.3 Å². The van der Waals surface area contributed by atoms with Crippen molar-refractivity contribution < 1.29 is 9.53 Å². The van der Waals surface area contributed by atoms with Crippen molar-refractivity contribution in [2.24, 2.45) is 5.73 Å². The maximum absolute atomic E-state index is 12.0. The molecule has 1 rings (SSSR count). The molecule has 0 aliphatic heterocycles. The summed E-state index contributed by atoms with van der Waals surface area (Å²) in [6.45, 7) is 6.74. The van der Waals surface area contributed by atoms with Gasteiger partial charge in [-0.3, -0.25) is 4.79 Å². The number of hydrogen-bond donors (Lipinski definition) is 2. The quantitative estimate of drug-likeness (QED) is 0.719. The first-order chi connectivity index (χ1) is 9.52. The zero-order chi connectivity index (χ0) is 15.0. The number of carbonyl (C=O) groups excluding carboxylic acids is 1. The molecule has 2 atom stereocenters. The van der Waals surface area contributed by atoms with E-state index in [1.165, 1.54) is 0 Å². The molecule has 0 saturated carbocycles. The standard InChI is InChI=1S/C16H26N2O2/c1-4-5-10-20-15-8-6-14(7-9-15)16(19)18-13(3)11-12(2)17/h6-9,12-13H,4-5,10-11,17H2,1-3H3,(H,18,19). The zero-order valence-corrected chi connectivity index (χ0v) is 12.7. The van der Waals surface area contributed by atoms with Crippen LogP contribution in [0.4, 0.5) is 0 Å². The third-order valence-electron chi connectivity index (χ3n) is 2.99. The van der Waals surface area contributed by atoms with Crippen LogP contribution < -0.4 is 15.8 Å². The highest BCUT2D eigenvalue weighted by atomic mass is 16.5. The molecule has 2 unspecified atom stereocenters. The third kappa shape index (κ3) is 6.06. The van der Waals surface area contributed by atoms with Gasteiger partial charge < -0.3 is 15.8 Å². The molecule has 4 heteroatoms. The van der Waals surface area contributed by atoms with Crippen molar-refractivity contribution in [3.8, 4) is 5.75 Å². The van der Waals surface area contributed by atoms with Crippen LogP contribution in [0, 0.1) is 0 Å². The Labute approximate surface area is 121 Å². The average Bonchev–Trinajstić information content (AvgIpc) is 2.38. The van der Waals surface area contributed by atoms with Gasteiger partial charge in [0.25, 0.3) is 5.91 Å². The normalized spacial score (nSPS) is 13.6. The average molecular weight is 278 g/mol. The molecule has 112 valence electrons. The van der Waals surface area contributed by atoms with Gasteiger partial charge in [-0.25, -0.2) is 0 Å². The molecule has 4 nitrogen and oxygen atoms in total. The molecule has 0 aliphatic rings. The van der Waals surface area contributed by atoms with E-state index in [4.69, 9.17) is 10.5 Å². The number of carbonyl (C=O) groups is 1. The fourth-order valence-electron chi connectivity index (χ4n) is 1.96. The first kappa shape index (κ1) is 16.5. The largest absolute Gasteiger partial charge is 0.494 e. The molecule has 1 aromatic rings. The van der Waals surface area contributed by atoms with Crippen LogP contribution in [0.3, 0.4) is 0 Å². The fourth-order valence-corrected chi connectivity index (χ4v) is 1.96. The van der Waals surface area contributed by atoms with Gasteiger partial charge in [-0.2, -0.15) is 0 Å². The maximum atomic E-state index is 12.0. The van der Waals surface area contributed by atoms with Crippen LogP contribution >= 0.6 is 0 Å². The minimum Gasteiger partial charge on any atom is -0.494 e. The molecular formula is C16H26N2O2. The highest BCUT2D eigenvalue weighted by molar-refractivity contribution is 5.94. The van der Waals surface area contributed by atoms with Gasteiger partial charge in [-0.15, -0.1) is 0 Å². The topological polar surface area (TPSA) is 64.3 Å². The molecule has 0 saturated heterocycles. The molecule has 3 N–H and O–H groups in total. The van der Waals surface area contributed by atoms with Gasteiger partial charge in [0.05, 0.1) is 6.61 Å². The summed E-state index contributed by atoms with van der Waals surface area (Å²) in [6, 6.07) is 7.40. The lowest BCUT2D eigenvalue weighted by Crippen LogP contribution is -2.36. The summed E-state index contributed by atoms with van der Waals surface area (Å²) in [5.74, 6) is 0.733. The van der Waals surface area contributed by atoms with E-state index in [2.05, 4.69) is 12.2 Å². The summed E-state index contributed by atoms with van der Waals surface area (Å²) in [4.78, 5) is 12.0. The van der Waals surface area contributed by atoms with Crippen LogP contribution in [-0.2, 0) is 0 Å². The lowest BCUT2D eigenvalue weighted by molar-refractivity contribution is 0.0937. The lowest BCUT2D eigenvalue weighted by Gasteiger charge is -2.16. The van der Waals surface area contributed by atoms with Crippen molar-refractivity contribution in [1.29, 1.82) is 0 Å². The number of unbranched alkanes of at least 4 members (excludes halogenated alkanes) is 1. The molecular weight excluding hydrogens is 252 g/mol. The molecule has 0 fully saturated rings. The third-order valence-corrected chi connectivity index (χ3v) is 2.99. The van der Waals surface area contributed by atoms with Gasteiger partial charge >= 0.3 is 0 Å². The Morgan fingerprint density at radius 3 is 2.50 bits per heavy atom. The van der Waals surface area contributed by atoms with Crippen LogP contribution in [0.15, 0.2) is 24.3 Å². The van der Waals surface area contributed by atoms with E-state index in [9.17, 15) is 4.79 Å². The number of rotatable bonds is 8. The zero-order valence-electron chi connectivity index (χ0n) is 12.7. The van der Waals surface area contributed by atoms with Crippen molar-refractivity contribution in [1.82, 2.24) is 5.32 Å². The van der Waals surface area contributed by atoms with Crippen molar-refractivity contribution in [2.45, 2.75) is 52.1 Å². The SMILES string of the molecule is CCCCOc1ccc(C(=O)NC(C)CC(C)N)cc1. The van der Waals surface area contributed by atoms with Crippen LogP contribution in [0.2, 0.25) is 0 Å². The van der Waals surface area contributed by atoms with Gasteiger partial charge in [0.15, 0.2) is 0 Å². The van der Waals surface area contributed by atoms with Crippen molar-refractivity contribution in [2.75, 3.05) is 6.61 Å². The molecule has 1 aromatic carbocycles. The van der Waals surface area contributed by atoms with E-state index in [1.54, 1.807) is 12.1 Å². The number of hydrogen-bond acceptors (Lipinski definition) is 3. The minimum absolute atomic E-state index is 0.0711. The molecule has 0 bridgehead atoms. The van der Waals surface area contributed by atoms with Crippen LogP contribution in [0.25, 0.3) is 0 Å². The Balaban J connectivity index is 2.48. The van der Waals surface area contributed by atoms with Crippen molar-refractivity contribution in [3.63, 3.8) is 0 Å². The summed E-state index contributed by atoms with van der Waals surface area (Å²) in [6.07, 6.45) is 2.92. The smallest absolute Gasteiger partial charge is 0.251 e. The predicted octanol–water partition coefficient (Wildman–Crippen LogP) is 2.72. The fraction of sp³-hybridized carbons (Fsp3) is 0.562. The Bertz CT molecular complexity index is 401. The van der Waals surface area contributed by atoms with Gasteiger partial charge in [-0.05, 0) is 51.0 Å².